The standard InChI is InChI=1S/C22H31N7O.HI/c1-4-29(5-2)18(17-10-7-6-8-11-17)16-25-22(23-3)24-14-13-20-26-21(28-27-20)19-12-9-15-30-19;/h6-12,15,18H,4-5,13-14,16H2,1-3H3,(H2,23,24,25)(H,26,27,28);1H. The molecular weight excluding hydrogens is 505 g/mol. The lowest BCUT2D eigenvalue weighted by molar-refractivity contribution is 0.219. The molecule has 3 N–H and O–H groups in total. The number of nitrogens with one attached hydrogen (secondary N) is 3. The predicted octanol–water partition coefficient (Wildman–Crippen LogP) is 3.47. The van der Waals surface area contributed by atoms with Crippen LogP contribution in [0.25, 0.3) is 11.6 Å². The maximum atomic E-state index is 5.33. The van der Waals surface area contributed by atoms with E-state index in [9.17, 15) is 0 Å². The third-order valence-electron chi connectivity index (χ3n) is 5.05. The number of rotatable bonds is 10. The molecule has 0 radical (unpaired) electrons. The topological polar surface area (TPSA) is 94.4 Å². The second-order valence-electron chi connectivity index (χ2n) is 6.86. The van der Waals surface area contributed by atoms with E-state index in [-0.39, 0.29) is 30.0 Å². The number of hydrogen-bond acceptors (Lipinski definition) is 5. The second-order valence-corrected chi connectivity index (χ2v) is 6.86. The van der Waals surface area contributed by atoms with Crippen molar-refractivity contribution in [3.8, 4) is 11.6 Å². The fourth-order valence-corrected chi connectivity index (χ4v) is 3.43. The lowest BCUT2D eigenvalue weighted by atomic mass is 10.1. The molecule has 0 amide bonds. The molecule has 2 heterocycles. The summed E-state index contributed by atoms with van der Waals surface area (Å²) in [5, 5.41) is 14.0. The van der Waals surface area contributed by atoms with Crippen LogP contribution >= 0.6 is 24.0 Å². The molecule has 2 aromatic heterocycles. The normalized spacial score (nSPS) is 12.5. The molecule has 0 aliphatic carbocycles. The molecule has 0 aliphatic heterocycles. The molecule has 0 aliphatic rings. The number of nitrogens with zero attached hydrogens (tertiary/aromatic N) is 4. The number of H-pyrrole nitrogens is 1. The van der Waals surface area contributed by atoms with E-state index in [4.69, 9.17) is 4.42 Å². The van der Waals surface area contributed by atoms with E-state index < -0.39 is 0 Å². The summed E-state index contributed by atoms with van der Waals surface area (Å²) in [5.41, 5.74) is 1.30. The van der Waals surface area contributed by atoms with Gasteiger partial charge >= 0.3 is 0 Å². The third-order valence-corrected chi connectivity index (χ3v) is 5.05. The first-order chi connectivity index (χ1) is 14.7. The average Bonchev–Trinajstić information content (AvgIpc) is 3.48. The molecule has 31 heavy (non-hydrogen) atoms. The minimum absolute atomic E-state index is 0. The van der Waals surface area contributed by atoms with Gasteiger partial charge in [-0.3, -0.25) is 15.0 Å². The Labute approximate surface area is 201 Å². The molecule has 0 saturated carbocycles. The van der Waals surface area contributed by atoms with Crippen molar-refractivity contribution in [2.45, 2.75) is 26.3 Å². The van der Waals surface area contributed by atoms with Crippen molar-refractivity contribution in [2.75, 3.05) is 33.2 Å². The molecule has 3 rings (SSSR count). The monoisotopic (exact) mass is 537 g/mol. The molecule has 8 nitrogen and oxygen atoms in total. The van der Waals surface area contributed by atoms with Gasteiger partial charge in [-0.1, -0.05) is 44.2 Å². The van der Waals surface area contributed by atoms with Crippen molar-refractivity contribution >= 4 is 29.9 Å². The van der Waals surface area contributed by atoms with E-state index in [0.717, 1.165) is 31.4 Å². The van der Waals surface area contributed by atoms with Crippen molar-refractivity contribution in [3.05, 3.63) is 60.1 Å². The van der Waals surface area contributed by atoms with Gasteiger partial charge in [-0.05, 0) is 30.8 Å². The number of aliphatic imine (C=N–C) groups is 1. The average molecular weight is 537 g/mol. The molecule has 9 heteroatoms. The molecule has 0 spiro atoms. The number of benzene rings is 1. The highest BCUT2D eigenvalue weighted by Crippen LogP contribution is 2.19. The lowest BCUT2D eigenvalue weighted by Crippen LogP contribution is -2.43. The molecule has 0 bridgehead atoms. The Morgan fingerprint density at radius 3 is 2.55 bits per heavy atom. The Kier molecular flexibility index (Phi) is 10.5. The summed E-state index contributed by atoms with van der Waals surface area (Å²) in [5.74, 6) is 2.80. The molecule has 168 valence electrons. The zero-order valence-electron chi connectivity index (χ0n) is 18.3. The Bertz CT molecular complexity index is 892. The minimum Gasteiger partial charge on any atom is -0.461 e. The largest absolute Gasteiger partial charge is 0.461 e. The van der Waals surface area contributed by atoms with E-state index in [0.29, 0.717) is 24.6 Å². The summed E-state index contributed by atoms with van der Waals surface area (Å²) in [6.07, 6.45) is 2.32. The van der Waals surface area contributed by atoms with Crippen molar-refractivity contribution in [1.82, 2.24) is 30.7 Å². The van der Waals surface area contributed by atoms with E-state index in [1.165, 1.54) is 5.56 Å². The highest BCUT2D eigenvalue weighted by molar-refractivity contribution is 14.0. The van der Waals surface area contributed by atoms with E-state index >= 15 is 0 Å². The van der Waals surface area contributed by atoms with Gasteiger partial charge in [0.15, 0.2) is 11.7 Å². The van der Waals surface area contributed by atoms with Crippen LogP contribution in [0.4, 0.5) is 0 Å². The number of hydrogen-bond donors (Lipinski definition) is 3. The summed E-state index contributed by atoms with van der Waals surface area (Å²) in [6, 6.07) is 14.5. The van der Waals surface area contributed by atoms with Crippen molar-refractivity contribution in [2.24, 2.45) is 4.99 Å². The van der Waals surface area contributed by atoms with Gasteiger partial charge in [0.25, 0.3) is 0 Å². The molecular formula is C22H32IN7O. The fraction of sp³-hybridized carbons (Fsp3) is 0.409. The second kappa shape index (κ2) is 13.1. The summed E-state index contributed by atoms with van der Waals surface area (Å²) < 4.78 is 5.33. The Morgan fingerprint density at radius 1 is 1.13 bits per heavy atom. The van der Waals surface area contributed by atoms with Crippen LogP contribution in [0.15, 0.2) is 58.1 Å². The number of likely N-dealkylation sites (N-methyl/N-ethyl adjacent to an activating group) is 1. The van der Waals surface area contributed by atoms with Crippen LogP contribution in [-0.4, -0.2) is 59.3 Å². The van der Waals surface area contributed by atoms with Crippen LogP contribution in [0.2, 0.25) is 0 Å². The number of furan rings is 1. The van der Waals surface area contributed by atoms with Crippen LogP contribution in [0, 0.1) is 0 Å². The minimum atomic E-state index is 0. The lowest BCUT2D eigenvalue weighted by Gasteiger charge is -2.30. The van der Waals surface area contributed by atoms with Gasteiger partial charge in [-0.2, -0.15) is 5.10 Å². The summed E-state index contributed by atoms with van der Waals surface area (Å²) in [4.78, 5) is 11.3. The molecule has 0 fully saturated rings. The summed E-state index contributed by atoms with van der Waals surface area (Å²) in [7, 11) is 1.79. The first kappa shape index (κ1) is 24.9. The maximum Gasteiger partial charge on any atom is 0.216 e. The maximum absolute atomic E-state index is 5.33. The highest BCUT2D eigenvalue weighted by Gasteiger charge is 2.18. The molecule has 1 aromatic carbocycles. The van der Waals surface area contributed by atoms with Gasteiger partial charge in [0, 0.05) is 26.6 Å². The Morgan fingerprint density at radius 2 is 1.90 bits per heavy atom. The third kappa shape index (κ3) is 7.06. The van der Waals surface area contributed by atoms with Gasteiger partial charge in [0.1, 0.15) is 5.82 Å². The first-order valence-electron chi connectivity index (χ1n) is 10.4. The Hall–Kier alpha value is -2.40. The van der Waals surface area contributed by atoms with E-state index in [2.05, 4.69) is 79.9 Å². The van der Waals surface area contributed by atoms with E-state index in [1.807, 2.05) is 12.1 Å². The van der Waals surface area contributed by atoms with Gasteiger partial charge in [0.2, 0.25) is 5.82 Å². The smallest absolute Gasteiger partial charge is 0.216 e. The van der Waals surface area contributed by atoms with Crippen molar-refractivity contribution in [3.63, 3.8) is 0 Å². The molecule has 3 aromatic rings. The quantitative estimate of drug-likeness (QED) is 0.208. The summed E-state index contributed by atoms with van der Waals surface area (Å²) >= 11 is 0. The van der Waals surface area contributed by atoms with Crippen molar-refractivity contribution in [1.29, 1.82) is 0 Å². The van der Waals surface area contributed by atoms with Gasteiger partial charge in [-0.25, -0.2) is 4.98 Å². The number of aromatic amines is 1. The van der Waals surface area contributed by atoms with Crippen molar-refractivity contribution < 1.29 is 4.42 Å². The van der Waals surface area contributed by atoms with Gasteiger partial charge < -0.3 is 15.1 Å². The van der Waals surface area contributed by atoms with Gasteiger partial charge in [0.05, 0.1) is 12.3 Å². The van der Waals surface area contributed by atoms with E-state index in [1.54, 1.807) is 13.3 Å². The zero-order chi connectivity index (χ0) is 21.2. The number of halogens is 1. The Balaban J connectivity index is 0.00000341. The van der Waals surface area contributed by atoms with Crippen LogP contribution in [-0.2, 0) is 6.42 Å². The van der Waals surface area contributed by atoms with Crippen LogP contribution in [0.3, 0.4) is 0 Å². The van der Waals surface area contributed by atoms with Crippen LogP contribution in [0.1, 0.15) is 31.3 Å². The number of aromatic nitrogens is 3. The van der Waals surface area contributed by atoms with Crippen LogP contribution < -0.4 is 10.6 Å². The van der Waals surface area contributed by atoms with Gasteiger partial charge in [-0.15, -0.1) is 24.0 Å². The van der Waals surface area contributed by atoms with Crippen LogP contribution in [0.5, 0.6) is 0 Å². The molecule has 1 unspecified atom stereocenters. The molecule has 0 saturated heterocycles. The summed E-state index contributed by atoms with van der Waals surface area (Å²) in [6.45, 7) is 7.84. The molecule has 1 atom stereocenters. The SMILES string of the molecule is CCN(CC)C(CNC(=NC)NCCc1nc(-c2ccco2)n[nH]1)c1ccccc1.I. The predicted molar refractivity (Wildman–Crippen MR) is 135 cm³/mol. The zero-order valence-corrected chi connectivity index (χ0v) is 20.7. The fourth-order valence-electron chi connectivity index (χ4n) is 3.43. The first-order valence-corrected chi connectivity index (χ1v) is 10.4. The highest BCUT2D eigenvalue weighted by atomic mass is 127. The number of guanidine groups is 1.